The molecular weight excluding hydrogens is 168 g/mol. The molecule has 0 amide bonds. The van der Waals surface area contributed by atoms with Crippen molar-refractivity contribution in [3.05, 3.63) is 12.2 Å². The summed E-state index contributed by atoms with van der Waals surface area (Å²) in [6.45, 7) is 5.36. The van der Waals surface area contributed by atoms with Crippen molar-refractivity contribution in [3.63, 3.8) is 0 Å². The van der Waals surface area contributed by atoms with Crippen LogP contribution in [0, 0.1) is 5.92 Å². The lowest BCUT2D eigenvalue weighted by molar-refractivity contribution is -0.136. The molecule has 0 aromatic rings. The second kappa shape index (κ2) is 5.02. The number of carboxylic acid groups (broad SMARTS) is 1. The van der Waals surface area contributed by atoms with E-state index in [9.17, 15) is 4.79 Å². The molecule has 1 fully saturated rings. The number of hydrogen-bond donors (Lipinski definition) is 1. The Morgan fingerprint density at radius 1 is 1.62 bits per heavy atom. The van der Waals surface area contributed by atoms with Gasteiger partial charge in [0.1, 0.15) is 0 Å². The van der Waals surface area contributed by atoms with Crippen LogP contribution in [-0.2, 0) is 9.53 Å². The average Bonchev–Trinajstić information content (AvgIpc) is 2.04. The van der Waals surface area contributed by atoms with Gasteiger partial charge in [-0.15, -0.1) is 0 Å². The molecule has 3 heteroatoms. The van der Waals surface area contributed by atoms with Crippen molar-refractivity contribution in [2.45, 2.75) is 25.7 Å². The minimum Gasteiger partial charge on any atom is -0.481 e. The van der Waals surface area contributed by atoms with Gasteiger partial charge in [-0.1, -0.05) is 12.2 Å². The number of rotatable bonds is 4. The average molecular weight is 184 g/mol. The summed E-state index contributed by atoms with van der Waals surface area (Å²) in [5, 5.41) is 8.52. The summed E-state index contributed by atoms with van der Waals surface area (Å²) in [7, 11) is 0. The van der Waals surface area contributed by atoms with Gasteiger partial charge in [-0.2, -0.15) is 0 Å². The number of aliphatic carboxylic acids is 1. The first-order chi connectivity index (χ1) is 6.18. The van der Waals surface area contributed by atoms with Crippen molar-refractivity contribution in [1.82, 2.24) is 0 Å². The number of carbonyl (C=O) groups is 1. The zero-order chi connectivity index (χ0) is 9.68. The van der Waals surface area contributed by atoms with Gasteiger partial charge in [0.15, 0.2) is 0 Å². The van der Waals surface area contributed by atoms with E-state index in [2.05, 4.69) is 6.58 Å². The molecule has 1 aliphatic heterocycles. The third kappa shape index (κ3) is 4.08. The van der Waals surface area contributed by atoms with Gasteiger partial charge in [-0.3, -0.25) is 4.79 Å². The van der Waals surface area contributed by atoms with E-state index in [1.165, 1.54) is 0 Å². The van der Waals surface area contributed by atoms with Crippen molar-refractivity contribution in [2.75, 3.05) is 13.2 Å². The van der Waals surface area contributed by atoms with E-state index in [0.717, 1.165) is 38.0 Å². The van der Waals surface area contributed by atoms with Crippen LogP contribution in [0.5, 0.6) is 0 Å². The van der Waals surface area contributed by atoms with Gasteiger partial charge in [-0.05, 0) is 25.2 Å². The zero-order valence-electron chi connectivity index (χ0n) is 7.79. The molecule has 1 aliphatic rings. The topological polar surface area (TPSA) is 46.5 Å². The van der Waals surface area contributed by atoms with E-state index in [0.29, 0.717) is 5.92 Å². The Morgan fingerprint density at radius 2 is 2.38 bits per heavy atom. The molecule has 0 aromatic heterocycles. The van der Waals surface area contributed by atoms with Crippen molar-refractivity contribution < 1.29 is 14.6 Å². The van der Waals surface area contributed by atoms with Gasteiger partial charge in [0.2, 0.25) is 0 Å². The van der Waals surface area contributed by atoms with Gasteiger partial charge in [0.25, 0.3) is 0 Å². The third-order valence-electron chi connectivity index (χ3n) is 2.23. The fourth-order valence-corrected chi connectivity index (χ4v) is 1.66. The van der Waals surface area contributed by atoms with Crippen LogP contribution in [0.15, 0.2) is 12.2 Å². The molecule has 0 aromatic carbocycles. The minimum absolute atomic E-state index is 0.0938. The van der Waals surface area contributed by atoms with Crippen LogP contribution in [0.25, 0.3) is 0 Å². The molecule has 1 rings (SSSR count). The molecule has 1 unspecified atom stereocenters. The van der Waals surface area contributed by atoms with Crippen LogP contribution >= 0.6 is 0 Å². The monoisotopic (exact) mass is 184 g/mol. The highest BCUT2D eigenvalue weighted by atomic mass is 16.5. The Hall–Kier alpha value is -0.830. The smallest absolute Gasteiger partial charge is 0.307 e. The highest BCUT2D eigenvalue weighted by Crippen LogP contribution is 2.21. The highest BCUT2D eigenvalue weighted by molar-refractivity contribution is 5.69. The zero-order valence-corrected chi connectivity index (χ0v) is 7.79. The van der Waals surface area contributed by atoms with Crippen molar-refractivity contribution in [2.24, 2.45) is 5.92 Å². The van der Waals surface area contributed by atoms with E-state index in [1.807, 2.05) is 0 Å². The molecule has 1 saturated heterocycles. The Balaban J connectivity index is 2.22. The van der Waals surface area contributed by atoms with Crippen LogP contribution in [0.1, 0.15) is 25.7 Å². The molecular formula is C10H16O3. The lowest BCUT2D eigenvalue weighted by Gasteiger charge is -2.22. The Morgan fingerprint density at radius 3 is 2.92 bits per heavy atom. The number of hydrogen-bond acceptors (Lipinski definition) is 2. The van der Waals surface area contributed by atoms with Crippen LogP contribution in [0.3, 0.4) is 0 Å². The van der Waals surface area contributed by atoms with Gasteiger partial charge in [-0.25, -0.2) is 0 Å². The molecule has 74 valence electrons. The maximum Gasteiger partial charge on any atom is 0.307 e. The third-order valence-corrected chi connectivity index (χ3v) is 2.23. The van der Waals surface area contributed by atoms with Gasteiger partial charge in [0, 0.05) is 13.2 Å². The van der Waals surface area contributed by atoms with E-state index in [4.69, 9.17) is 9.84 Å². The maximum absolute atomic E-state index is 10.4. The summed E-state index contributed by atoms with van der Waals surface area (Å²) in [5.74, 6) is -0.303. The SMILES string of the molecule is C=C(CC(=O)O)CC1CCCOC1. The first-order valence-corrected chi connectivity index (χ1v) is 4.64. The van der Waals surface area contributed by atoms with Crippen molar-refractivity contribution in [3.8, 4) is 0 Å². The first-order valence-electron chi connectivity index (χ1n) is 4.64. The van der Waals surface area contributed by atoms with Gasteiger partial charge >= 0.3 is 5.97 Å². The Labute approximate surface area is 78.4 Å². The molecule has 0 saturated carbocycles. The van der Waals surface area contributed by atoms with Crippen LogP contribution in [0.2, 0.25) is 0 Å². The molecule has 3 nitrogen and oxygen atoms in total. The summed E-state index contributed by atoms with van der Waals surface area (Å²) in [6, 6.07) is 0. The Bertz CT molecular complexity index is 192. The summed E-state index contributed by atoms with van der Waals surface area (Å²) < 4.78 is 5.30. The Kier molecular flexibility index (Phi) is 3.96. The largest absolute Gasteiger partial charge is 0.481 e. The molecule has 0 aliphatic carbocycles. The predicted molar refractivity (Wildman–Crippen MR) is 49.6 cm³/mol. The van der Waals surface area contributed by atoms with Crippen LogP contribution in [0.4, 0.5) is 0 Å². The molecule has 0 bridgehead atoms. The maximum atomic E-state index is 10.4. The van der Waals surface area contributed by atoms with Crippen molar-refractivity contribution in [1.29, 1.82) is 0 Å². The summed E-state index contributed by atoms with van der Waals surface area (Å²) >= 11 is 0. The summed E-state index contributed by atoms with van der Waals surface area (Å²) in [4.78, 5) is 10.4. The molecule has 0 spiro atoms. The molecule has 1 atom stereocenters. The second-order valence-corrected chi connectivity index (χ2v) is 3.61. The van der Waals surface area contributed by atoms with E-state index in [-0.39, 0.29) is 6.42 Å². The van der Waals surface area contributed by atoms with Crippen LogP contribution < -0.4 is 0 Å². The predicted octanol–water partition coefficient (Wildman–Crippen LogP) is 1.83. The van der Waals surface area contributed by atoms with E-state index >= 15 is 0 Å². The summed E-state index contributed by atoms with van der Waals surface area (Å²) in [6.07, 6.45) is 3.12. The molecule has 13 heavy (non-hydrogen) atoms. The van der Waals surface area contributed by atoms with Gasteiger partial charge < -0.3 is 9.84 Å². The molecule has 0 radical (unpaired) electrons. The number of carboxylic acids is 1. The minimum atomic E-state index is -0.790. The van der Waals surface area contributed by atoms with E-state index in [1.54, 1.807) is 0 Å². The van der Waals surface area contributed by atoms with E-state index < -0.39 is 5.97 Å². The lowest BCUT2D eigenvalue weighted by atomic mass is 9.93. The fourth-order valence-electron chi connectivity index (χ4n) is 1.66. The fraction of sp³-hybridized carbons (Fsp3) is 0.700. The first kappa shape index (κ1) is 10.3. The normalized spacial score (nSPS) is 22.6. The number of ether oxygens (including phenoxy) is 1. The highest BCUT2D eigenvalue weighted by Gasteiger charge is 2.15. The molecule has 1 N–H and O–H groups in total. The summed E-state index contributed by atoms with van der Waals surface area (Å²) in [5.41, 5.74) is 0.808. The van der Waals surface area contributed by atoms with Crippen molar-refractivity contribution >= 4 is 5.97 Å². The quantitative estimate of drug-likeness (QED) is 0.678. The lowest BCUT2D eigenvalue weighted by Crippen LogP contribution is -2.18. The van der Waals surface area contributed by atoms with Crippen LogP contribution in [-0.4, -0.2) is 24.3 Å². The second-order valence-electron chi connectivity index (χ2n) is 3.61. The van der Waals surface area contributed by atoms with Gasteiger partial charge in [0.05, 0.1) is 6.42 Å². The standard InChI is InChI=1S/C10H16O3/c1-8(6-10(11)12)5-9-3-2-4-13-7-9/h9H,1-7H2,(H,11,12). The molecule has 1 heterocycles.